The van der Waals surface area contributed by atoms with Crippen LogP contribution in [-0.4, -0.2) is 22.0 Å². The van der Waals surface area contributed by atoms with E-state index in [9.17, 15) is 4.79 Å². The van der Waals surface area contributed by atoms with Crippen LogP contribution < -0.4 is 10.5 Å². The molecule has 5 nitrogen and oxygen atoms in total. The summed E-state index contributed by atoms with van der Waals surface area (Å²) in [6, 6.07) is 11.4. The number of fused-ring (bicyclic) bond motifs is 1. The van der Waals surface area contributed by atoms with E-state index in [2.05, 4.69) is 32.3 Å². The van der Waals surface area contributed by atoms with Crippen molar-refractivity contribution < 1.29 is 4.90 Å². The van der Waals surface area contributed by atoms with E-state index in [1.807, 2.05) is 25.2 Å². The minimum absolute atomic E-state index is 0.0905. The third-order valence-corrected chi connectivity index (χ3v) is 4.78. The van der Waals surface area contributed by atoms with Gasteiger partial charge in [0, 0.05) is 0 Å². The number of benzene rings is 1. The molecule has 108 valence electrons. The standard InChI is InChI=1S/C14H13BrN4OS/c1-18(8-10-6-7-13(15)21-10)9-19-14(20)11-4-2-3-5-12(11)16-17-19/h2-7H,8-9H2,1H3/p+1. The molecule has 0 saturated heterocycles. The third-order valence-electron chi connectivity index (χ3n) is 3.15. The van der Waals surface area contributed by atoms with E-state index in [0.717, 1.165) is 10.3 Å². The van der Waals surface area contributed by atoms with Crippen molar-refractivity contribution >= 4 is 38.2 Å². The van der Waals surface area contributed by atoms with Gasteiger partial charge in [-0.25, -0.2) is 0 Å². The van der Waals surface area contributed by atoms with Crippen LogP contribution in [0.3, 0.4) is 0 Å². The first kappa shape index (κ1) is 14.4. The number of aromatic nitrogens is 3. The minimum Gasteiger partial charge on any atom is -0.314 e. The lowest BCUT2D eigenvalue weighted by Gasteiger charge is -2.13. The summed E-state index contributed by atoms with van der Waals surface area (Å²) in [5.74, 6) is 0. The summed E-state index contributed by atoms with van der Waals surface area (Å²) in [6.07, 6.45) is 0. The van der Waals surface area contributed by atoms with Gasteiger partial charge < -0.3 is 4.90 Å². The second kappa shape index (κ2) is 6.05. The first-order valence-electron chi connectivity index (χ1n) is 6.51. The largest absolute Gasteiger partial charge is 0.314 e. The predicted molar refractivity (Wildman–Crippen MR) is 86.4 cm³/mol. The zero-order valence-corrected chi connectivity index (χ0v) is 13.8. The van der Waals surface area contributed by atoms with Gasteiger partial charge >= 0.3 is 0 Å². The van der Waals surface area contributed by atoms with Crippen LogP contribution in [0.4, 0.5) is 0 Å². The van der Waals surface area contributed by atoms with Crippen molar-refractivity contribution in [2.75, 3.05) is 7.05 Å². The normalized spacial score (nSPS) is 12.7. The lowest BCUT2D eigenvalue weighted by atomic mass is 10.2. The Balaban J connectivity index is 1.81. The van der Waals surface area contributed by atoms with Crippen molar-refractivity contribution in [3.63, 3.8) is 0 Å². The second-order valence-electron chi connectivity index (χ2n) is 4.91. The molecule has 0 fully saturated rings. The average molecular weight is 366 g/mol. The molecule has 1 N–H and O–H groups in total. The highest BCUT2D eigenvalue weighted by Crippen LogP contribution is 2.21. The smallest absolute Gasteiger partial charge is 0.282 e. The molecular weight excluding hydrogens is 352 g/mol. The molecule has 1 unspecified atom stereocenters. The molecule has 0 bridgehead atoms. The highest BCUT2D eigenvalue weighted by molar-refractivity contribution is 9.11. The molecule has 0 saturated carbocycles. The van der Waals surface area contributed by atoms with Gasteiger partial charge in [0.1, 0.15) is 12.1 Å². The van der Waals surface area contributed by atoms with Crippen LogP contribution in [0.15, 0.2) is 45.0 Å². The Hall–Kier alpha value is -1.57. The molecule has 0 amide bonds. The van der Waals surface area contributed by atoms with Gasteiger partial charge in [-0.15, -0.1) is 16.4 Å². The first-order valence-corrected chi connectivity index (χ1v) is 8.12. The van der Waals surface area contributed by atoms with E-state index >= 15 is 0 Å². The molecule has 0 spiro atoms. The van der Waals surface area contributed by atoms with Crippen LogP contribution in [0.25, 0.3) is 10.9 Å². The third kappa shape index (κ3) is 3.20. The van der Waals surface area contributed by atoms with Crippen molar-refractivity contribution in [2.24, 2.45) is 0 Å². The highest BCUT2D eigenvalue weighted by Gasteiger charge is 2.11. The monoisotopic (exact) mass is 365 g/mol. The fraction of sp³-hybridized carbons (Fsp3) is 0.214. The Kier molecular flexibility index (Phi) is 4.14. The molecule has 0 radical (unpaired) electrons. The fourth-order valence-electron chi connectivity index (χ4n) is 2.18. The second-order valence-corrected chi connectivity index (χ2v) is 7.46. The first-order chi connectivity index (χ1) is 10.1. The quantitative estimate of drug-likeness (QED) is 0.757. The number of nitrogens with zero attached hydrogens (tertiary/aromatic N) is 3. The zero-order valence-electron chi connectivity index (χ0n) is 11.4. The number of nitrogens with one attached hydrogen (secondary N) is 1. The van der Waals surface area contributed by atoms with Gasteiger partial charge in [-0.3, -0.25) is 4.79 Å². The Morgan fingerprint density at radius 1 is 1.29 bits per heavy atom. The van der Waals surface area contributed by atoms with E-state index in [4.69, 9.17) is 0 Å². The number of rotatable bonds is 4. The lowest BCUT2D eigenvalue weighted by molar-refractivity contribution is -0.917. The maximum absolute atomic E-state index is 12.4. The van der Waals surface area contributed by atoms with Gasteiger partial charge in [0.15, 0.2) is 6.67 Å². The maximum Gasteiger partial charge on any atom is 0.282 e. The molecule has 21 heavy (non-hydrogen) atoms. The number of hydrogen-bond donors (Lipinski definition) is 1. The van der Waals surface area contributed by atoms with E-state index in [1.54, 1.807) is 23.5 Å². The van der Waals surface area contributed by atoms with Crippen molar-refractivity contribution in [3.8, 4) is 0 Å². The molecule has 3 aromatic rings. The minimum atomic E-state index is -0.0905. The summed E-state index contributed by atoms with van der Waals surface area (Å²) in [5.41, 5.74) is 0.547. The van der Waals surface area contributed by atoms with E-state index in [0.29, 0.717) is 17.6 Å². The molecular formula is C14H14BrN4OS+. The summed E-state index contributed by atoms with van der Waals surface area (Å²) < 4.78 is 2.55. The van der Waals surface area contributed by atoms with Gasteiger partial charge in [-0.05, 0) is 40.2 Å². The maximum atomic E-state index is 12.4. The van der Waals surface area contributed by atoms with Crippen molar-refractivity contribution in [2.45, 2.75) is 13.2 Å². The zero-order chi connectivity index (χ0) is 14.8. The van der Waals surface area contributed by atoms with Gasteiger partial charge in [-0.2, -0.15) is 4.68 Å². The Labute approximate surface area is 134 Å². The molecule has 2 aromatic heterocycles. The molecule has 0 aliphatic rings. The summed E-state index contributed by atoms with van der Waals surface area (Å²) in [7, 11) is 2.04. The molecule has 2 heterocycles. The number of quaternary nitrogens is 1. The lowest BCUT2D eigenvalue weighted by Crippen LogP contribution is -3.07. The van der Waals surface area contributed by atoms with Crippen LogP contribution in [0.5, 0.6) is 0 Å². The topological polar surface area (TPSA) is 52.2 Å². The molecule has 1 aromatic carbocycles. The Morgan fingerprint density at radius 2 is 2.10 bits per heavy atom. The SMILES string of the molecule is C[NH+](Cc1ccc(Br)s1)Cn1nnc2ccccc2c1=O. The van der Waals surface area contributed by atoms with E-state index < -0.39 is 0 Å². The molecule has 7 heteroatoms. The van der Waals surface area contributed by atoms with Crippen LogP contribution in [0.2, 0.25) is 0 Å². The van der Waals surface area contributed by atoms with Gasteiger partial charge in [0.25, 0.3) is 5.56 Å². The van der Waals surface area contributed by atoms with Crippen LogP contribution in [-0.2, 0) is 13.2 Å². The molecule has 1 atom stereocenters. The Bertz CT molecular complexity index is 829. The average Bonchev–Trinajstić information content (AvgIpc) is 2.87. The van der Waals surface area contributed by atoms with Gasteiger partial charge in [-0.1, -0.05) is 17.3 Å². The number of halogens is 1. The van der Waals surface area contributed by atoms with Crippen molar-refractivity contribution in [1.82, 2.24) is 15.0 Å². The van der Waals surface area contributed by atoms with Crippen molar-refractivity contribution in [3.05, 3.63) is 55.4 Å². The van der Waals surface area contributed by atoms with E-state index in [1.165, 1.54) is 14.5 Å². The number of thiophene rings is 1. The summed E-state index contributed by atoms with van der Waals surface area (Å²) in [6.45, 7) is 1.34. The fourth-order valence-corrected chi connectivity index (χ4v) is 3.78. The van der Waals surface area contributed by atoms with Crippen LogP contribution in [0.1, 0.15) is 4.88 Å². The number of hydrogen-bond acceptors (Lipinski definition) is 4. The Morgan fingerprint density at radius 3 is 2.86 bits per heavy atom. The van der Waals surface area contributed by atoms with Gasteiger partial charge in [0.2, 0.25) is 0 Å². The molecule has 0 aliphatic heterocycles. The van der Waals surface area contributed by atoms with Gasteiger partial charge in [0.05, 0.1) is 21.1 Å². The molecule has 0 aliphatic carbocycles. The highest BCUT2D eigenvalue weighted by atomic mass is 79.9. The summed E-state index contributed by atoms with van der Waals surface area (Å²) in [4.78, 5) is 14.8. The van der Waals surface area contributed by atoms with Crippen LogP contribution >= 0.6 is 27.3 Å². The predicted octanol–water partition coefficient (Wildman–Crippen LogP) is 1.29. The van der Waals surface area contributed by atoms with Crippen LogP contribution in [0, 0.1) is 0 Å². The van der Waals surface area contributed by atoms with Crippen molar-refractivity contribution in [1.29, 1.82) is 0 Å². The molecule has 3 rings (SSSR count). The van der Waals surface area contributed by atoms with E-state index in [-0.39, 0.29) is 5.56 Å². The summed E-state index contributed by atoms with van der Waals surface area (Å²) in [5, 5.41) is 8.73. The summed E-state index contributed by atoms with van der Waals surface area (Å²) >= 11 is 5.17.